The van der Waals surface area contributed by atoms with Gasteiger partial charge < -0.3 is 14.8 Å². The van der Waals surface area contributed by atoms with Crippen LogP contribution in [0.3, 0.4) is 0 Å². The number of anilines is 1. The molecule has 1 aliphatic rings. The molecule has 2 amide bonds. The fourth-order valence-corrected chi connectivity index (χ4v) is 3.21. The first-order valence-corrected chi connectivity index (χ1v) is 8.84. The number of nitrogens with zero attached hydrogens (tertiary/aromatic N) is 1. The first kappa shape index (κ1) is 19.1. The minimum absolute atomic E-state index is 0.0324. The minimum Gasteiger partial charge on any atom is -0.497 e. The quantitative estimate of drug-likeness (QED) is 0.803. The molecule has 1 aromatic rings. The van der Waals surface area contributed by atoms with Crippen LogP contribution in [-0.2, 0) is 9.59 Å². The molecule has 0 atom stereocenters. The standard InChI is InChI=1S/C19H28N2O4/c1-14(22)21(17-12-16(24-2)10-11-18(17)25-3)13-19(23)20-15-8-6-4-5-7-9-15/h10-12,15H,4-9,13H2,1-3H3,(H,20,23). The molecule has 0 heterocycles. The monoisotopic (exact) mass is 348 g/mol. The zero-order chi connectivity index (χ0) is 18.2. The lowest BCUT2D eigenvalue weighted by Crippen LogP contribution is -2.43. The molecule has 2 rings (SSSR count). The lowest BCUT2D eigenvalue weighted by molar-refractivity contribution is -0.123. The van der Waals surface area contributed by atoms with Gasteiger partial charge in [0.25, 0.3) is 0 Å². The third-order valence-electron chi connectivity index (χ3n) is 4.58. The number of methoxy groups -OCH3 is 2. The van der Waals surface area contributed by atoms with Gasteiger partial charge in [-0.05, 0) is 25.0 Å². The van der Waals surface area contributed by atoms with E-state index in [1.54, 1.807) is 25.3 Å². The molecular formula is C19H28N2O4. The van der Waals surface area contributed by atoms with Gasteiger partial charge in [0.05, 0.1) is 19.9 Å². The molecule has 0 saturated heterocycles. The van der Waals surface area contributed by atoms with Crippen LogP contribution in [0.25, 0.3) is 0 Å². The lowest BCUT2D eigenvalue weighted by atomic mass is 10.1. The van der Waals surface area contributed by atoms with E-state index in [4.69, 9.17) is 9.47 Å². The maximum absolute atomic E-state index is 12.5. The molecule has 6 nitrogen and oxygen atoms in total. The maximum Gasteiger partial charge on any atom is 0.240 e. The maximum atomic E-state index is 12.5. The third kappa shape index (κ3) is 5.37. The Balaban J connectivity index is 2.12. The normalized spacial score (nSPS) is 15.2. The largest absolute Gasteiger partial charge is 0.497 e. The van der Waals surface area contributed by atoms with Crippen LogP contribution in [0.4, 0.5) is 5.69 Å². The van der Waals surface area contributed by atoms with E-state index < -0.39 is 0 Å². The summed E-state index contributed by atoms with van der Waals surface area (Å²) in [7, 11) is 3.09. The molecule has 1 N–H and O–H groups in total. The number of nitrogens with one attached hydrogen (secondary N) is 1. The van der Waals surface area contributed by atoms with Crippen molar-refractivity contribution < 1.29 is 19.1 Å². The van der Waals surface area contributed by atoms with Crippen LogP contribution in [-0.4, -0.2) is 38.6 Å². The Morgan fingerprint density at radius 2 is 1.80 bits per heavy atom. The number of rotatable bonds is 6. The number of hydrogen-bond acceptors (Lipinski definition) is 4. The van der Waals surface area contributed by atoms with Crippen molar-refractivity contribution >= 4 is 17.5 Å². The molecule has 6 heteroatoms. The Bertz CT molecular complexity index is 595. The summed E-state index contributed by atoms with van der Waals surface area (Å²) in [6, 6.07) is 5.40. The predicted octanol–water partition coefficient (Wildman–Crippen LogP) is 2.90. The van der Waals surface area contributed by atoms with E-state index in [0.29, 0.717) is 17.2 Å². The number of ether oxygens (including phenoxy) is 2. The first-order chi connectivity index (χ1) is 12.0. The Labute approximate surface area is 149 Å². The van der Waals surface area contributed by atoms with Gasteiger partial charge in [-0.1, -0.05) is 25.7 Å². The van der Waals surface area contributed by atoms with Crippen LogP contribution < -0.4 is 19.7 Å². The van der Waals surface area contributed by atoms with Crippen molar-refractivity contribution in [3.8, 4) is 11.5 Å². The van der Waals surface area contributed by atoms with Gasteiger partial charge in [-0.2, -0.15) is 0 Å². The third-order valence-corrected chi connectivity index (χ3v) is 4.58. The Morgan fingerprint density at radius 1 is 1.12 bits per heavy atom. The van der Waals surface area contributed by atoms with Gasteiger partial charge in [-0.3, -0.25) is 14.5 Å². The van der Waals surface area contributed by atoms with Gasteiger partial charge >= 0.3 is 0 Å². The van der Waals surface area contributed by atoms with Gasteiger partial charge in [0, 0.05) is 19.0 Å². The average Bonchev–Trinajstić information content (AvgIpc) is 2.87. The van der Waals surface area contributed by atoms with Crippen LogP contribution in [0.1, 0.15) is 45.4 Å². The van der Waals surface area contributed by atoms with Crippen molar-refractivity contribution in [3.63, 3.8) is 0 Å². The summed E-state index contributed by atoms with van der Waals surface area (Å²) in [5.74, 6) is 0.763. The first-order valence-electron chi connectivity index (χ1n) is 8.84. The minimum atomic E-state index is -0.220. The highest BCUT2D eigenvalue weighted by Crippen LogP contribution is 2.32. The highest BCUT2D eigenvalue weighted by atomic mass is 16.5. The second-order valence-corrected chi connectivity index (χ2v) is 6.40. The molecule has 0 unspecified atom stereocenters. The fourth-order valence-electron chi connectivity index (χ4n) is 3.21. The summed E-state index contributed by atoms with van der Waals surface area (Å²) < 4.78 is 10.6. The summed E-state index contributed by atoms with van der Waals surface area (Å²) in [6.45, 7) is 1.41. The molecule has 0 aliphatic heterocycles. The fraction of sp³-hybridized carbons (Fsp3) is 0.579. The van der Waals surface area contributed by atoms with Crippen LogP contribution in [0.15, 0.2) is 18.2 Å². The summed E-state index contributed by atoms with van der Waals surface area (Å²) in [6.07, 6.45) is 6.76. The molecule has 0 bridgehead atoms. The Kier molecular flexibility index (Phi) is 7.10. The summed E-state index contributed by atoms with van der Waals surface area (Å²) in [5, 5.41) is 3.08. The number of carbonyl (C=O) groups excluding carboxylic acids is 2. The molecule has 138 valence electrons. The van der Waals surface area contributed by atoms with Gasteiger partial charge in [0.1, 0.15) is 18.0 Å². The number of carbonyl (C=O) groups is 2. The van der Waals surface area contributed by atoms with E-state index in [0.717, 1.165) is 25.7 Å². The molecular weight excluding hydrogens is 320 g/mol. The van der Waals surface area contributed by atoms with Crippen LogP contribution in [0, 0.1) is 0 Å². The predicted molar refractivity (Wildman–Crippen MR) is 97.2 cm³/mol. The van der Waals surface area contributed by atoms with Gasteiger partial charge in [-0.15, -0.1) is 0 Å². The van der Waals surface area contributed by atoms with Gasteiger partial charge in [0.2, 0.25) is 11.8 Å². The van der Waals surface area contributed by atoms with E-state index in [-0.39, 0.29) is 24.4 Å². The molecule has 1 saturated carbocycles. The number of hydrogen-bond donors (Lipinski definition) is 1. The van der Waals surface area contributed by atoms with Crippen molar-refractivity contribution in [2.75, 3.05) is 25.7 Å². The van der Waals surface area contributed by atoms with Gasteiger partial charge in [0.15, 0.2) is 0 Å². The number of benzene rings is 1. The molecule has 1 fully saturated rings. The second kappa shape index (κ2) is 9.30. The molecule has 25 heavy (non-hydrogen) atoms. The van der Waals surface area contributed by atoms with Crippen LogP contribution in [0.5, 0.6) is 11.5 Å². The molecule has 0 aromatic heterocycles. The van der Waals surface area contributed by atoms with E-state index in [2.05, 4.69) is 5.32 Å². The van der Waals surface area contributed by atoms with Crippen LogP contribution in [0.2, 0.25) is 0 Å². The van der Waals surface area contributed by atoms with Crippen molar-refractivity contribution in [3.05, 3.63) is 18.2 Å². The molecule has 1 aromatic carbocycles. The van der Waals surface area contributed by atoms with Crippen LogP contribution >= 0.6 is 0 Å². The molecule has 1 aliphatic carbocycles. The van der Waals surface area contributed by atoms with Crippen molar-refractivity contribution in [2.24, 2.45) is 0 Å². The van der Waals surface area contributed by atoms with E-state index in [1.165, 1.54) is 31.8 Å². The van der Waals surface area contributed by atoms with Gasteiger partial charge in [-0.25, -0.2) is 0 Å². The van der Waals surface area contributed by atoms with E-state index in [1.807, 2.05) is 0 Å². The zero-order valence-corrected chi connectivity index (χ0v) is 15.3. The smallest absolute Gasteiger partial charge is 0.240 e. The highest BCUT2D eigenvalue weighted by Gasteiger charge is 2.22. The number of amides is 2. The van der Waals surface area contributed by atoms with Crippen molar-refractivity contribution in [2.45, 2.75) is 51.5 Å². The second-order valence-electron chi connectivity index (χ2n) is 6.40. The highest BCUT2D eigenvalue weighted by molar-refractivity contribution is 5.98. The summed E-state index contributed by atoms with van der Waals surface area (Å²) >= 11 is 0. The van der Waals surface area contributed by atoms with Crippen molar-refractivity contribution in [1.29, 1.82) is 0 Å². The molecule has 0 radical (unpaired) electrons. The Hall–Kier alpha value is -2.24. The SMILES string of the molecule is COc1ccc(OC)c(N(CC(=O)NC2CCCCCC2)C(C)=O)c1. The van der Waals surface area contributed by atoms with E-state index in [9.17, 15) is 9.59 Å². The van der Waals surface area contributed by atoms with Crippen molar-refractivity contribution in [1.82, 2.24) is 5.32 Å². The topological polar surface area (TPSA) is 67.9 Å². The zero-order valence-electron chi connectivity index (χ0n) is 15.3. The summed E-state index contributed by atoms with van der Waals surface area (Å²) in [4.78, 5) is 26.1. The van der Waals surface area contributed by atoms with E-state index >= 15 is 0 Å². The lowest BCUT2D eigenvalue weighted by Gasteiger charge is -2.25. The average molecular weight is 348 g/mol. The molecule has 0 spiro atoms. The summed E-state index contributed by atoms with van der Waals surface area (Å²) in [5.41, 5.74) is 0.533. The Morgan fingerprint density at radius 3 is 2.36 bits per heavy atom.